The number of hydrogen-bond donors (Lipinski definition) is 2. The van der Waals surface area contributed by atoms with Gasteiger partial charge in [-0.25, -0.2) is 0 Å². The molecule has 0 heterocycles. The Balaban J connectivity index is 2.90. The fourth-order valence-corrected chi connectivity index (χ4v) is 1.66. The van der Waals surface area contributed by atoms with Crippen LogP contribution in [0.2, 0.25) is 0 Å². The zero-order valence-electron chi connectivity index (χ0n) is 8.13. The fraction of sp³-hybridized carbons (Fsp3) is 0.273. The molecule has 3 N–H and O–H groups in total. The number of benzene rings is 1. The molecule has 0 fully saturated rings. The van der Waals surface area contributed by atoms with E-state index in [1.165, 1.54) is 0 Å². The van der Waals surface area contributed by atoms with Gasteiger partial charge in [0.1, 0.15) is 5.75 Å². The molecule has 1 unspecified atom stereocenters. The molecule has 1 aromatic rings. The van der Waals surface area contributed by atoms with E-state index in [9.17, 15) is 5.11 Å². The molecule has 1 aromatic carbocycles. The lowest BCUT2D eigenvalue weighted by molar-refractivity contribution is 0.460. The minimum atomic E-state index is -0.180. The Kier molecular flexibility index (Phi) is 3.72. The molecule has 0 radical (unpaired) electrons. The monoisotopic (exact) mass is 255 g/mol. The smallest absolute Gasteiger partial charge is 0.121 e. The van der Waals surface area contributed by atoms with E-state index in [-0.39, 0.29) is 11.8 Å². The van der Waals surface area contributed by atoms with Crippen LogP contribution in [0.15, 0.2) is 34.8 Å². The maximum atomic E-state index is 9.63. The second-order valence-electron chi connectivity index (χ2n) is 3.47. The summed E-state index contributed by atoms with van der Waals surface area (Å²) >= 11 is 3.28. The first kappa shape index (κ1) is 11.3. The summed E-state index contributed by atoms with van der Waals surface area (Å²) in [4.78, 5) is 0. The maximum absolute atomic E-state index is 9.63. The van der Waals surface area contributed by atoms with E-state index in [0.717, 1.165) is 15.6 Å². The number of halogens is 1. The van der Waals surface area contributed by atoms with Crippen molar-refractivity contribution in [3.63, 3.8) is 0 Å². The van der Waals surface area contributed by atoms with Crippen molar-refractivity contribution in [2.24, 2.45) is 5.73 Å². The number of rotatable bonds is 3. The minimum Gasteiger partial charge on any atom is -0.508 e. The van der Waals surface area contributed by atoms with Crippen molar-refractivity contribution < 1.29 is 5.11 Å². The summed E-state index contributed by atoms with van der Waals surface area (Å²) in [7, 11) is 0. The summed E-state index contributed by atoms with van der Waals surface area (Å²) < 4.78 is 0.848. The molecule has 0 aromatic heterocycles. The molecule has 2 nitrogen and oxygen atoms in total. The Morgan fingerprint density at radius 3 is 2.79 bits per heavy atom. The zero-order valence-corrected chi connectivity index (χ0v) is 9.71. The molecule has 0 saturated carbocycles. The number of phenolic OH excluding ortho intramolecular Hbond substituents is 1. The Morgan fingerprint density at radius 1 is 1.64 bits per heavy atom. The van der Waals surface area contributed by atoms with Crippen molar-refractivity contribution in [3.8, 4) is 5.75 Å². The third-order valence-electron chi connectivity index (χ3n) is 1.96. The van der Waals surface area contributed by atoms with Gasteiger partial charge in [-0.05, 0) is 25.5 Å². The number of phenols is 1. The second kappa shape index (κ2) is 4.62. The molecule has 0 amide bonds. The van der Waals surface area contributed by atoms with Crippen LogP contribution in [0.5, 0.6) is 5.75 Å². The van der Waals surface area contributed by atoms with Crippen LogP contribution in [0, 0.1) is 0 Å². The number of nitrogens with two attached hydrogens (primary N) is 1. The van der Waals surface area contributed by atoms with Gasteiger partial charge < -0.3 is 10.8 Å². The van der Waals surface area contributed by atoms with Gasteiger partial charge in [-0.1, -0.05) is 27.6 Å². The average molecular weight is 256 g/mol. The van der Waals surface area contributed by atoms with Crippen LogP contribution in [-0.2, 0) is 0 Å². The Bertz CT molecular complexity index is 349. The molecule has 1 atom stereocenters. The number of aromatic hydroxyl groups is 1. The van der Waals surface area contributed by atoms with E-state index in [0.29, 0.717) is 6.42 Å². The number of hydrogen-bond acceptors (Lipinski definition) is 2. The molecule has 0 aliphatic rings. The third kappa shape index (κ3) is 2.86. The molecule has 0 spiro atoms. The van der Waals surface area contributed by atoms with Crippen LogP contribution in [-0.4, -0.2) is 5.11 Å². The van der Waals surface area contributed by atoms with E-state index in [1.54, 1.807) is 6.07 Å². The van der Waals surface area contributed by atoms with Gasteiger partial charge in [-0.15, -0.1) is 6.58 Å². The highest BCUT2D eigenvalue weighted by atomic mass is 79.9. The summed E-state index contributed by atoms with van der Waals surface area (Å²) in [6.07, 6.45) is 0.690. The van der Waals surface area contributed by atoms with E-state index < -0.39 is 0 Å². The van der Waals surface area contributed by atoms with Crippen molar-refractivity contribution in [2.45, 2.75) is 19.4 Å². The lowest BCUT2D eigenvalue weighted by Gasteiger charge is -2.13. The average Bonchev–Trinajstić information content (AvgIpc) is 2.01. The standard InChI is InChI=1S/C11H14BrNO/c1-7(2)5-10(13)9-4-3-8(12)6-11(9)14/h3-4,6,10,14H,1,5,13H2,2H3. The predicted molar refractivity (Wildman–Crippen MR) is 62.2 cm³/mol. The van der Waals surface area contributed by atoms with E-state index >= 15 is 0 Å². The molecular weight excluding hydrogens is 242 g/mol. The summed E-state index contributed by atoms with van der Waals surface area (Å²) in [6.45, 7) is 5.72. The van der Waals surface area contributed by atoms with Gasteiger partial charge in [0.05, 0.1) is 0 Å². The summed E-state index contributed by atoms with van der Waals surface area (Å²) in [5, 5.41) is 9.63. The van der Waals surface area contributed by atoms with Crippen molar-refractivity contribution in [1.29, 1.82) is 0 Å². The Labute approximate surface area is 92.6 Å². The van der Waals surface area contributed by atoms with E-state index in [4.69, 9.17) is 5.73 Å². The van der Waals surface area contributed by atoms with Gasteiger partial charge in [0, 0.05) is 16.1 Å². The van der Waals surface area contributed by atoms with Crippen LogP contribution in [0.25, 0.3) is 0 Å². The van der Waals surface area contributed by atoms with Crippen molar-refractivity contribution >= 4 is 15.9 Å². The van der Waals surface area contributed by atoms with Crippen LogP contribution in [0.4, 0.5) is 0 Å². The summed E-state index contributed by atoms with van der Waals surface area (Å²) in [6, 6.07) is 5.16. The molecule has 0 aliphatic heterocycles. The minimum absolute atomic E-state index is 0.180. The molecule has 14 heavy (non-hydrogen) atoms. The summed E-state index contributed by atoms with van der Waals surface area (Å²) in [5.41, 5.74) is 7.68. The van der Waals surface area contributed by atoms with Crippen molar-refractivity contribution in [1.82, 2.24) is 0 Å². The highest BCUT2D eigenvalue weighted by molar-refractivity contribution is 9.10. The van der Waals surface area contributed by atoms with Gasteiger partial charge >= 0.3 is 0 Å². The van der Waals surface area contributed by atoms with E-state index in [2.05, 4.69) is 22.5 Å². The lowest BCUT2D eigenvalue weighted by atomic mass is 10.0. The first-order chi connectivity index (χ1) is 6.50. The molecule has 0 saturated heterocycles. The van der Waals surface area contributed by atoms with Crippen LogP contribution >= 0.6 is 15.9 Å². The largest absolute Gasteiger partial charge is 0.508 e. The fourth-order valence-electron chi connectivity index (χ4n) is 1.32. The predicted octanol–water partition coefficient (Wildman–Crippen LogP) is 3.12. The van der Waals surface area contributed by atoms with Gasteiger partial charge in [-0.3, -0.25) is 0 Å². The van der Waals surface area contributed by atoms with Gasteiger partial charge in [0.15, 0.2) is 0 Å². The second-order valence-corrected chi connectivity index (χ2v) is 4.39. The van der Waals surface area contributed by atoms with Gasteiger partial charge in [0.2, 0.25) is 0 Å². The normalized spacial score (nSPS) is 12.5. The first-order valence-electron chi connectivity index (χ1n) is 4.39. The maximum Gasteiger partial charge on any atom is 0.121 e. The lowest BCUT2D eigenvalue weighted by Crippen LogP contribution is -2.10. The molecule has 0 aliphatic carbocycles. The van der Waals surface area contributed by atoms with E-state index in [1.807, 2.05) is 19.1 Å². The summed E-state index contributed by atoms with van der Waals surface area (Å²) in [5.74, 6) is 0.230. The van der Waals surface area contributed by atoms with Crippen LogP contribution in [0.1, 0.15) is 24.9 Å². The van der Waals surface area contributed by atoms with Crippen LogP contribution < -0.4 is 5.73 Å². The van der Waals surface area contributed by atoms with Crippen molar-refractivity contribution in [2.75, 3.05) is 0 Å². The first-order valence-corrected chi connectivity index (χ1v) is 5.18. The Morgan fingerprint density at radius 2 is 2.29 bits per heavy atom. The molecule has 0 bridgehead atoms. The van der Waals surface area contributed by atoms with Gasteiger partial charge in [-0.2, -0.15) is 0 Å². The third-order valence-corrected chi connectivity index (χ3v) is 2.45. The molecule has 1 rings (SSSR count). The van der Waals surface area contributed by atoms with Crippen LogP contribution in [0.3, 0.4) is 0 Å². The highest BCUT2D eigenvalue weighted by Gasteiger charge is 2.10. The Hall–Kier alpha value is -0.800. The molecule has 3 heteroatoms. The molecule has 76 valence electrons. The quantitative estimate of drug-likeness (QED) is 0.816. The topological polar surface area (TPSA) is 46.2 Å². The molecular formula is C11H14BrNO. The van der Waals surface area contributed by atoms with Gasteiger partial charge in [0.25, 0.3) is 0 Å². The SMILES string of the molecule is C=C(C)CC(N)c1ccc(Br)cc1O. The zero-order chi connectivity index (χ0) is 10.7. The highest BCUT2D eigenvalue weighted by Crippen LogP contribution is 2.29. The van der Waals surface area contributed by atoms with Crippen molar-refractivity contribution in [3.05, 3.63) is 40.4 Å².